The van der Waals surface area contributed by atoms with Crippen molar-refractivity contribution in [3.8, 4) is 0 Å². The van der Waals surface area contributed by atoms with Gasteiger partial charge in [0.25, 0.3) is 5.91 Å². The van der Waals surface area contributed by atoms with E-state index in [0.29, 0.717) is 22.6 Å². The third-order valence-corrected chi connectivity index (χ3v) is 3.59. The van der Waals surface area contributed by atoms with Crippen LogP contribution in [0.3, 0.4) is 0 Å². The van der Waals surface area contributed by atoms with Crippen molar-refractivity contribution >= 4 is 11.6 Å². The van der Waals surface area contributed by atoms with E-state index < -0.39 is 0 Å². The van der Waals surface area contributed by atoms with Gasteiger partial charge in [0, 0.05) is 17.8 Å². The van der Waals surface area contributed by atoms with Crippen molar-refractivity contribution in [2.24, 2.45) is 11.3 Å². The van der Waals surface area contributed by atoms with Gasteiger partial charge in [0.15, 0.2) is 0 Å². The third kappa shape index (κ3) is 2.78. The molecule has 3 heteroatoms. The molecule has 1 unspecified atom stereocenters. The van der Waals surface area contributed by atoms with Crippen LogP contribution in [0, 0.1) is 18.3 Å². The van der Waals surface area contributed by atoms with E-state index in [1.165, 1.54) is 6.42 Å². The number of anilines is 1. The van der Waals surface area contributed by atoms with E-state index in [-0.39, 0.29) is 5.91 Å². The first-order chi connectivity index (χ1) is 7.88. The molecular formula is C14H20N2O. The van der Waals surface area contributed by atoms with Gasteiger partial charge in [-0.05, 0) is 48.4 Å². The number of carbonyl (C=O) groups excluding carboxylic acids is 1. The molecule has 1 aliphatic rings. The number of rotatable bonds is 3. The number of amides is 1. The molecule has 3 N–H and O–H groups in total. The molecule has 1 aromatic rings. The minimum Gasteiger partial charge on any atom is -0.399 e. The number of nitrogens with one attached hydrogen (secondary N) is 1. The van der Waals surface area contributed by atoms with Crippen molar-refractivity contribution in [3.63, 3.8) is 0 Å². The van der Waals surface area contributed by atoms with Crippen LogP contribution in [0.2, 0.25) is 0 Å². The number of hydrogen-bond acceptors (Lipinski definition) is 2. The second kappa shape index (κ2) is 4.06. The molecule has 0 spiro atoms. The largest absolute Gasteiger partial charge is 0.399 e. The van der Waals surface area contributed by atoms with E-state index >= 15 is 0 Å². The summed E-state index contributed by atoms with van der Waals surface area (Å²) >= 11 is 0. The zero-order valence-corrected chi connectivity index (χ0v) is 10.7. The zero-order chi connectivity index (χ0) is 12.6. The van der Waals surface area contributed by atoms with Crippen molar-refractivity contribution in [1.29, 1.82) is 0 Å². The van der Waals surface area contributed by atoms with E-state index in [1.54, 1.807) is 6.07 Å². The molecule has 3 nitrogen and oxygen atoms in total. The minimum absolute atomic E-state index is 0.0249. The van der Waals surface area contributed by atoms with Gasteiger partial charge in [-0.2, -0.15) is 0 Å². The third-order valence-electron chi connectivity index (χ3n) is 3.59. The molecule has 0 aliphatic heterocycles. The first-order valence-corrected chi connectivity index (χ1v) is 6.04. The number of benzene rings is 1. The zero-order valence-electron chi connectivity index (χ0n) is 10.7. The molecule has 92 valence electrons. The van der Waals surface area contributed by atoms with Crippen molar-refractivity contribution in [3.05, 3.63) is 29.3 Å². The molecule has 0 saturated heterocycles. The van der Waals surface area contributed by atoms with Gasteiger partial charge in [-0.25, -0.2) is 0 Å². The molecule has 1 saturated carbocycles. The Hall–Kier alpha value is -1.51. The normalized spacial score (nSPS) is 21.0. The van der Waals surface area contributed by atoms with Crippen LogP contribution in [0.1, 0.15) is 36.2 Å². The standard InChI is InChI=1S/C14H20N2O/c1-9-4-10(6-12(15)5-9)13(17)16-8-11-7-14(11,2)3/h4-6,11H,7-8,15H2,1-3H3,(H,16,17). The Morgan fingerprint density at radius 1 is 1.47 bits per heavy atom. The summed E-state index contributed by atoms with van der Waals surface area (Å²) in [5.41, 5.74) is 8.44. The van der Waals surface area contributed by atoms with Gasteiger partial charge >= 0.3 is 0 Å². The molecule has 1 aliphatic carbocycles. The van der Waals surface area contributed by atoms with E-state index in [9.17, 15) is 4.79 Å². The summed E-state index contributed by atoms with van der Waals surface area (Å²) in [6.45, 7) is 7.17. The highest BCUT2D eigenvalue weighted by Crippen LogP contribution is 2.50. The van der Waals surface area contributed by atoms with Crippen LogP contribution in [0.15, 0.2) is 18.2 Å². The monoisotopic (exact) mass is 232 g/mol. The predicted octanol–water partition coefficient (Wildman–Crippen LogP) is 2.35. The average molecular weight is 232 g/mol. The van der Waals surface area contributed by atoms with Gasteiger partial charge in [-0.3, -0.25) is 4.79 Å². The summed E-state index contributed by atoms with van der Waals surface area (Å²) in [5, 5.41) is 2.98. The summed E-state index contributed by atoms with van der Waals surface area (Å²) in [4.78, 5) is 11.9. The second-order valence-corrected chi connectivity index (χ2v) is 5.73. The van der Waals surface area contributed by atoms with Crippen molar-refractivity contribution in [2.45, 2.75) is 27.2 Å². The minimum atomic E-state index is -0.0249. The lowest BCUT2D eigenvalue weighted by molar-refractivity contribution is 0.0950. The maximum atomic E-state index is 11.9. The average Bonchev–Trinajstić information content (AvgIpc) is 2.81. The molecule has 0 radical (unpaired) electrons. The molecule has 1 fully saturated rings. The number of aryl methyl sites for hydroxylation is 1. The smallest absolute Gasteiger partial charge is 0.251 e. The Morgan fingerprint density at radius 3 is 2.65 bits per heavy atom. The predicted molar refractivity (Wildman–Crippen MR) is 69.8 cm³/mol. The van der Waals surface area contributed by atoms with Crippen LogP contribution in [0.25, 0.3) is 0 Å². The van der Waals surface area contributed by atoms with Crippen LogP contribution >= 0.6 is 0 Å². The summed E-state index contributed by atoms with van der Waals surface area (Å²) in [7, 11) is 0. The van der Waals surface area contributed by atoms with Gasteiger partial charge in [0.2, 0.25) is 0 Å². The lowest BCUT2D eigenvalue weighted by atomic mass is 10.1. The van der Waals surface area contributed by atoms with Gasteiger partial charge in [-0.15, -0.1) is 0 Å². The fraction of sp³-hybridized carbons (Fsp3) is 0.500. The molecule has 1 aromatic carbocycles. The van der Waals surface area contributed by atoms with Crippen molar-refractivity contribution in [2.75, 3.05) is 12.3 Å². The lowest BCUT2D eigenvalue weighted by Gasteiger charge is -2.08. The Bertz CT molecular complexity index is 431. The van der Waals surface area contributed by atoms with Crippen molar-refractivity contribution < 1.29 is 4.79 Å². The van der Waals surface area contributed by atoms with Gasteiger partial charge in [0.05, 0.1) is 0 Å². The highest BCUT2D eigenvalue weighted by Gasteiger charge is 2.45. The highest BCUT2D eigenvalue weighted by molar-refractivity contribution is 5.95. The first kappa shape index (κ1) is 12.0. The van der Waals surface area contributed by atoms with Crippen LogP contribution in [0.4, 0.5) is 5.69 Å². The van der Waals surface area contributed by atoms with Crippen LogP contribution in [0.5, 0.6) is 0 Å². The first-order valence-electron chi connectivity index (χ1n) is 6.04. The quantitative estimate of drug-likeness (QED) is 0.786. The topological polar surface area (TPSA) is 55.1 Å². The maximum absolute atomic E-state index is 11.9. The van der Waals surface area contributed by atoms with Gasteiger partial charge in [-0.1, -0.05) is 13.8 Å². The highest BCUT2D eigenvalue weighted by atomic mass is 16.1. The van der Waals surface area contributed by atoms with Gasteiger partial charge < -0.3 is 11.1 Å². The Balaban J connectivity index is 1.95. The molecule has 0 bridgehead atoms. The van der Waals surface area contributed by atoms with E-state index in [1.807, 2.05) is 19.1 Å². The van der Waals surface area contributed by atoms with Crippen LogP contribution in [-0.4, -0.2) is 12.5 Å². The summed E-state index contributed by atoms with van der Waals surface area (Å²) < 4.78 is 0. The molecule has 1 amide bonds. The lowest BCUT2D eigenvalue weighted by Crippen LogP contribution is -2.26. The van der Waals surface area contributed by atoms with E-state index in [4.69, 9.17) is 5.73 Å². The molecule has 17 heavy (non-hydrogen) atoms. The van der Waals surface area contributed by atoms with E-state index in [2.05, 4.69) is 19.2 Å². The molecular weight excluding hydrogens is 212 g/mol. The maximum Gasteiger partial charge on any atom is 0.251 e. The number of hydrogen-bond donors (Lipinski definition) is 2. The molecule has 0 heterocycles. The van der Waals surface area contributed by atoms with E-state index in [0.717, 1.165) is 12.1 Å². The Morgan fingerprint density at radius 2 is 2.12 bits per heavy atom. The number of nitrogen functional groups attached to an aromatic ring is 1. The fourth-order valence-electron chi connectivity index (χ4n) is 2.19. The Kier molecular flexibility index (Phi) is 2.86. The summed E-state index contributed by atoms with van der Waals surface area (Å²) in [5.74, 6) is 0.594. The van der Waals surface area contributed by atoms with Gasteiger partial charge in [0.1, 0.15) is 0 Å². The molecule has 1 atom stereocenters. The Labute approximate surface area is 102 Å². The fourth-order valence-corrected chi connectivity index (χ4v) is 2.19. The second-order valence-electron chi connectivity index (χ2n) is 5.73. The SMILES string of the molecule is Cc1cc(N)cc(C(=O)NCC2CC2(C)C)c1. The molecule has 0 aromatic heterocycles. The van der Waals surface area contributed by atoms with Crippen LogP contribution < -0.4 is 11.1 Å². The summed E-state index contributed by atoms with van der Waals surface area (Å²) in [6.07, 6.45) is 1.20. The molecule has 2 rings (SSSR count). The number of nitrogens with two attached hydrogens (primary N) is 1. The van der Waals surface area contributed by atoms with Crippen LogP contribution in [-0.2, 0) is 0 Å². The van der Waals surface area contributed by atoms with Crippen molar-refractivity contribution in [1.82, 2.24) is 5.32 Å². The number of carbonyl (C=O) groups is 1. The summed E-state index contributed by atoms with van der Waals surface area (Å²) in [6, 6.07) is 5.45.